The summed E-state index contributed by atoms with van der Waals surface area (Å²) in [7, 11) is 1.67. The highest BCUT2D eigenvalue weighted by Gasteiger charge is 2.65. The van der Waals surface area contributed by atoms with Gasteiger partial charge in [0.2, 0.25) is 0 Å². The second-order valence-electron chi connectivity index (χ2n) is 13.7. The highest BCUT2D eigenvalue weighted by atomic mass is 127. The summed E-state index contributed by atoms with van der Waals surface area (Å²) in [4.78, 5) is 16.8. The van der Waals surface area contributed by atoms with Crippen LogP contribution in [0, 0.1) is 15.4 Å². The van der Waals surface area contributed by atoms with E-state index in [9.17, 15) is 9.90 Å². The summed E-state index contributed by atoms with van der Waals surface area (Å²) in [5, 5.41) is 19.6. The second kappa shape index (κ2) is 13.3. The van der Waals surface area contributed by atoms with Crippen LogP contribution in [-0.4, -0.2) is 39.2 Å². The quantitative estimate of drug-likeness (QED) is 0.149. The third-order valence-corrected chi connectivity index (χ3v) is 11.3. The molecule has 1 N–H and O–H groups in total. The average molecular weight is 769 g/mol. The van der Waals surface area contributed by atoms with E-state index < -0.39 is 11.7 Å². The molecule has 4 aromatic carbocycles. The van der Waals surface area contributed by atoms with Crippen molar-refractivity contribution in [1.29, 1.82) is 0 Å². The number of benzene rings is 4. The largest absolute Gasteiger partial charge is 0.497 e. The summed E-state index contributed by atoms with van der Waals surface area (Å²) >= 11 is 2.30. The van der Waals surface area contributed by atoms with E-state index in [-0.39, 0.29) is 29.3 Å². The van der Waals surface area contributed by atoms with Crippen molar-refractivity contribution >= 4 is 34.2 Å². The lowest BCUT2D eigenvalue weighted by Crippen LogP contribution is -2.45. The predicted molar refractivity (Wildman–Crippen MR) is 197 cm³/mol. The van der Waals surface area contributed by atoms with Crippen LogP contribution in [0.4, 0.5) is 5.69 Å². The molecule has 7 rings (SSSR count). The third kappa shape index (κ3) is 5.95. The molecule has 1 spiro atoms. The van der Waals surface area contributed by atoms with Gasteiger partial charge in [0.1, 0.15) is 17.5 Å². The molecule has 5 aromatic rings. The van der Waals surface area contributed by atoms with Crippen LogP contribution >= 0.6 is 22.6 Å². The lowest BCUT2D eigenvalue weighted by molar-refractivity contribution is -0.146. The molecule has 0 aliphatic carbocycles. The summed E-state index contributed by atoms with van der Waals surface area (Å²) in [5.41, 5.74) is 3.78. The molecule has 1 fully saturated rings. The summed E-state index contributed by atoms with van der Waals surface area (Å²) in [5.74, 6) is 0.589. The highest BCUT2D eigenvalue weighted by Crippen LogP contribution is 2.59. The van der Waals surface area contributed by atoms with Gasteiger partial charge in [-0.05, 0) is 81.4 Å². The van der Waals surface area contributed by atoms with E-state index in [1.165, 1.54) is 0 Å². The first-order valence-electron chi connectivity index (χ1n) is 16.7. The molecule has 1 saturated heterocycles. The summed E-state index contributed by atoms with van der Waals surface area (Å²) in [6.45, 7) is 7.67. The van der Waals surface area contributed by atoms with Gasteiger partial charge >= 0.3 is 0 Å². The summed E-state index contributed by atoms with van der Waals surface area (Å²) < 4.78 is 15.6. The minimum absolute atomic E-state index is 0.0215. The van der Waals surface area contributed by atoms with Crippen LogP contribution in [0.15, 0.2) is 109 Å². The fourth-order valence-electron chi connectivity index (χ4n) is 8.08. The Morgan fingerprint density at radius 2 is 1.67 bits per heavy atom. The standard InChI is InChI=1S/C40H41IN4O4/c1-26-36(39(2,3)29-16-20-31(48-4)21-17-29)35(22-23-44-25-33(42-43-44)37(46)28-10-6-5-7-11-28)49-40(26)32-12-8-9-13-34(32)45(38(40)47)24-27-14-18-30(41)19-15-27/h5-21,25-26,35-37,46H,22-24H2,1-4H3/t26-,35+,36-,37-,40+/m1/s1. The zero-order valence-corrected chi connectivity index (χ0v) is 30.3. The summed E-state index contributed by atoms with van der Waals surface area (Å²) in [6, 6.07) is 34.1. The Morgan fingerprint density at radius 1 is 0.980 bits per heavy atom. The number of rotatable bonds is 10. The minimum Gasteiger partial charge on any atom is -0.497 e. The number of anilines is 1. The number of amides is 1. The molecule has 1 aromatic heterocycles. The van der Waals surface area contributed by atoms with Gasteiger partial charge in [-0.25, -0.2) is 0 Å². The van der Waals surface area contributed by atoms with Crippen molar-refractivity contribution in [3.05, 3.63) is 141 Å². The Morgan fingerprint density at radius 3 is 2.39 bits per heavy atom. The fourth-order valence-corrected chi connectivity index (χ4v) is 8.44. The van der Waals surface area contributed by atoms with Gasteiger partial charge in [-0.1, -0.05) is 98.8 Å². The topological polar surface area (TPSA) is 89.7 Å². The van der Waals surface area contributed by atoms with Crippen LogP contribution in [0.2, 0.25) is 0 Å². The number of fused-ring (bicyclic) bond motifs is 2. The van der Waals surface area contributed by atoms with Crippen molar-refractivity contribution in [3.63, 3.8) is 0 Å². The van der Waals surface area contributed by atoms with Gasteiger partial charge in [0.25, 0.3) is 5.91 Å². The Kier molecular flexibility index (Phi) is 9.10. The molecule has 2 aliphatic rings. The molecule has 3 heterocycles. The van der Waals surface area contributed by atoms with Crippen LogP contribution in [0.5, 0.6) is 5.75 Å². The smallest absolute Gasteiger partial charge is 0.264 e. The number of aryl methyl sites for hydroxylation is 1. The van der Waals surface area contributed by atoms with Crippen molar-refractivity contribution in [3.8, 4) is 5.75 Å². The molecule has 0 radical (unpaired) electrons. The highest BCUT2D eigenvalue weighted by molar-refractivity contribution is 14.1. The molecule has 2 aliphatic heterocycles. The van der Waals surface area contributed by atoms with Gasteiger partial charge in [0, 0.05) is 27.5 Å². The monoisotopic (exact) mass is 768 g/mol. The van der Waals surface area contributed by atoms with E-state index in [4.69, 9.17) is 9.47 Å². The van der Waals surface area contributed by atoms with Crippen molar-refractivity contribution in [2.45, 2.75) is 63.5 Å². The minimum atomic E-state index is -1.14. The van der Waals surface area contributed by atoms with Crippen LogP contribution < -0.4 is 9.64 Å². The van der Waals surface area contributed by atoms with Gasteiger partial charge in [-0.2, -0.15) is 0 Å². The van der Waals surface area contributed by atoms with E-state index in [2.05, 4.69) is 96.1 Å². The second-order valence-corrected chi connectivity index (χ2v) is 14.9. The number of para-hydroxylation sites is 1. The van der Waals surface area contributed by atoms with Crippen LogP contribution in [0.1, 0.15) is 61.2 Å². The number of hydrogen-bond acceptors (Lipinski definition) is 6. The average Bonchev–Trinajstić information content (AvgIpc) is 3.79. The Bertz CT molecular complexity index is 1930. The van der Waals surface area contributed by atoms with Crippen molar-refractivity contribution < 1.29 is 19.4 Å². The lowest BCUT2D eigenvalue weighted by atomic mass is 9.63. The number of carbonyl (C=O) groups is 1. The van der Waals surface area contributed by atoms with Gasteiger partial charge in [0.15, 0.2) is 5.60 Å². The van der Waals surface area contributed by atoms with Crippen LogP contribution in [0.3, 0.4) is 0 Å². The van der Waals surface area contributed by atoms with Crippen LogP contribution in [-0.2, 0) is 33.6 Å². The molecule has 9 heteroatoms. The maximum absolute atomic E-state index is 14.9. The first kappa shape index (κ1) is 33.4. The Balaban J connectivity index is 1.24. The predicted octanol–water partition coefficient (Wildman–Crippen LogP) is 7.43. The van der Waals surface area contributed by atoms with Crippen LogP contribution in [0.25, 0.3) is 0 Å². The molecule has 1 amide bonds. The fraction of sp³-hybridized carbons (Fsp3) is 0.325. The molecule has 8 nitrogen and oxygen atoms in total. The number of nitrogens with zero attached hydrogens (tertiary/aromatic N) is 4. The van der Waals surface area contributed by atoms with E-state index in [1.807, 2.05) is 65.6 Å². The number of hydrogen-bond donors (Lipinski definition) is 1. The van der Waals surface area contributed by atoms with E-state index in [0.29, 0.717) is 25.2 Å². The maximum atomic E-state index is 14.9. The number of ether oxygens (including phenoxy) is 2. The zero-order valence-electron chi connectivity index (χ0n) is 28.2. The molecule has 49 heavy (non-hydrogen) atoms. The Labute approximate surface area is 301 Å². The van der Waals surface area contributed by atoms with Gasteiger partial charge in [-0.3, -0.25) is 9.48 Å². The first-order valence-corrected chi connectivity index (χ1v) is 17.8. The number of carbonyl (C=O) groups excluding carboxylic acids is 1. The number of halogens is 1. The molecular formula is C40H41IN4O4. The molecule has 0 saturated carbocycles. The maximum Gasteiger partial charge on any atom is 0.264 e. The molecule has 0 bridgehead atoms. The van der Waals surface area contributed by atoms with Crippen molar-refractivity contribution in [1.82, 2.24) is 15.0 Å². The number of aliphatic hydroxyl groups excluding tert-OH is 1. The number of methoxy groups -OCH3 is 1. The lowest BCUT2D eigenvalue weighted by Gasteiger charge is -2.38. The molecular weight excluding hydrogens is 727 g/mol. The van der Waals surface area contributed by atoms with Crippen molar-refractivity contribution in [2.75, 3.05) is 12.0 Å². The van der Waals surface area contributed by atoms with Gasteiger partial charge < -0.3 is 19.5 Å². The van der Waals surface area contributed by atoms with Gasteiger partial charge in [0.05, 0.1) is 31.6 Å². The number of aliphatic hydroxyl groups is 1. The zero-order chi connectivity index (χ0) is 34.3. The number of aromatic nitrogens is 3. The first-order chi connectivity index (χ1) is 23.6. The third-order valence-electron chi connectivity index (χ3n) is 10.6. The molecule has 0 unspecified atom stereocenters. The summed E-state index contributed by atoms with van der Waals surface area (Å²) in [6.07, 6.45) is 1.25. The van der Waals surface area contributed by atoms with Crippen molar-refractivity contribution in [2.24, 2.45) is 11.8 Å². The normalized spacial score (nSPS) is 22.4. The van der Waals surface area contributed by atoms with E-state index in [0.717, 1.165) is 37.3 Å². The van der Waals surface area contributed by atoms with E-state index in [1.54, 1.807) is 18.0 Å². The SMILES string of the molecule is COc1ccc(C(C)(C)[C@H]2[C@H](CCn3cc([C@H](O)c4ccccc4)nn3)O[C@@]3(C(=O)N(Cc4ccc(I)cc4)c4ccccc43)[C@@H]2C)cc1. The van der Waals surface area contributed by atoms with E-state index >= 15 is 0 Å². The Hall–Kier alpha value is -4.06. The molecule has 252 valence electrons. The molecule has 5 atom stereocenters. The van der Waals surface area contributed by atoms with Gasteiger partial charge in [-0.15, -0.1) is 5.10 Å².